The number of carboxylic acid groups (broad SMARTS) is 1. The van der Waals surface area contributed by atoms with Crippen LogP contribution in [0.5, 0.6) is 0 Å². The van der Waals surface area contributed by atoms with E-state index in [9.17, 15) is 18.4 Å². The highest BCUT2D eigenvalue weighted by Gasteiger charge is 2.38. The Kier molecular flexibility index (Phi) is 5.69. The van der Waals surface area contributed by atoms with Crippen LogP contribution in [0.2, 0.25) is 0 Å². The number of rotatable bonds is 6. The Hall–Kier alpha value is -1.98. The maximum absolute atomic E-state index is 13.2. The summed E-state index contributed by atoms with van der Waals surface area (Å²) in [6, 6.07) is 9.45. The largest absolute Gasteiger partial charge is 0.480 e. The number of benzene rings is 1. The van der Waals surface area contributed by atoms with Crippen molar-refractivity contribution in [3.05, 3.63) is 35.9 Å². The Morgan fingerprint density at radius 3 is 2.35 bits per heavy atom. The summed E-state index contributed by atoms with van der Waals surface area (Å²) in [7, 11) is 0. The van der Waals surface area contributed by atoms with Crippen molar-refractivity contribution in [1.29, 1.82) is 0 Å². The predicted molar refractivity (Wildman–Crippen MR) is 81.3 cm³/mol. The first kappa shape index (κ1) is 17.4. The lowest BCUT2D eigenvalue weighted by Gasteiger charge is -2.31. The van der Waals surface area contributed by atoms with Crippen molar-refractivity contribution in [3.8, 4) is 0 Å². The van der Waals surface area contributed by atoms with Crippen molar-refractivity contribution >= 4 is 11.9 Å². The Balaban J connectivity index is 1.97. The van der Waals surface area contributed by atoms with Crippen LogP contribution in [0.25, 0.3) is 0 Å². The molecule has 1 saturated carbocycles. The van der Waals surface area contributed by atoms with E-state index >= 15 is 0 Å². The molecule has 0 spiro atoms. The maximum Gasteiger partial charge on any atom is 0.323 e. The molecule has 0 radical (unpaired) electrons. The van der Waals surface area contributed by atoms with E-state index in [4.69, 9.17) is 5.11 Å². The third-order valence-electron chi connectivity index (χ3n) is 4.22. The van der Waals surface area contributed by atoms with Gasteiger partial charge in [0.1, 0.15) is 6.54 Å². The molecule has 1 aliphatic carbocycles. The number of aliphatic carboxylic acids is 1. The molecule has 0 saturated heterocycles. The van der Waals surface area contributed by atoms with Crippen LogP contribution < -0.4 is 0 Å². The van der Waals surface area contributed by atoms with Gasteiger partial charge in [-0.25, -0.2) is 8.78 Å². The van der Waals surface area contributed by atoms with Crippen LogP contribution in [-0.4, -0.2) is 40.9 Å². The predicted octanol–water partition coefficient (Wildman–Crippen LogP) is 2.97. The molecule has 0 heterocycles. The summed E-state index contributed by atoms with van der Waals surface area (Å²) in [6.45, 7) is -0.111. The number of nitrogens with zero attached hydrogens (tertiary/aromatic N) is 1. The van der Waals surface area contributed by atoms with Gasteiger partial charge in [-0.05, 0) is 24.8 Å². The highest BCUT2D eigenvalue weighted by atomic mass is 19.3. The van der Waals surface area contributed by atoms with Gasteiger partial charge in [0.15, 0.2) is 0 Å². The van der Waals surface area contributed by atoms with Gasteiger partial charge < -0.3 is 10.0 Å². The highest BCUT2D eigenvalue weighted by molar-refractivity contribution is 5.83. The van der Waals surface area contributed by atoms with Crippen LogP contribution in [0.1, 0.15) is 31.2 Å². The van der Waals surface area contributed by atoms with Crippen molar-refractivity contribution in [2.24, 2.45) is 5.92 Å². The van der Waals surface area contributed by atoms with Gasteiger partial charge in [-0.3, -0.25) is 9.59 Å². The Morgan fingerprint density at radius 2 is 1.78 bits per heavy atom. The number of carboxylic acids is 1. The first-order chi connectivity index (χ1) is 10.9. The third-order valence-corrected chi connectivity index (χ3v) is 4.22. The molecule has 1 fully saturated rings. The smallest absolute Gasteiger partial charge is 0.323 e. The third kappa shape index (κ3) is 5.30. The molecule has 2 rings (SSSR count). The summed E-state index contributed by atoms with van der Waals surface area (Å²) in [6.07, 6.45) is 0.176. The van der Waals surface area contributed by atoms with Gasteiger partial charge in [-0.2, -0.15) is 0 Å². The molecule has 1 aliphatic rings. The summed E-state index contributed by atoms with van der Waals surface area (Å²) >= 11 is 0. The van der Waals surface area contributed by atoms with Crippen molar-refractivity contribution in [1.82, 2.24) is 4.90 Å². The van der Waals surface area contributed by atoms with Crippen LogP contribution in [-0.2, 0) is 16.0 Å². The molecule has 1 aromatic rings. The lowest BCUT2D eigenvalue weighted by molar-refractivity contribution is -0.148. The topological polar surface area (TPSA) is 57.6 Å². The molecule has 0 aromatic heterocycles. The zero-order chi connectivity index (χ0) is 16.9. The molecule has 1 amide bonds. The summed E-state index contributed by atoms with van der Waals surface area (Å²) in [5.74, 6) is -4.60. The minimum atomic E-state index is -2.70. The van der Waals surface area contributed by atoms with E-state index in [-0.39, 0.29) is 38.1 Å². The average Bonchev–Trinajstić information content (AvgIpc) is 2.51. The Morgan fingerprint density at radius 1 is 1.17 bits per heavy atom. The number of hydrogen-bond donors (Lipinski definition) is 1. The molecule has 0 unspecified atom stereocenters. The van der Waals surface area contributed by atoms with E-state index in [1.807, 2.05) is 30.3 Å². The van der Waals surface area contributed by atoms with E-state index < -0.39 is 24.4 Å². The fraction of sp³-hybridized carbons (Fsp3) is 0.529. The number of alkyl halides is 2. The molecule has 1 aromatic carbocycles. The number of halogens is 2. The van der Waals surface area contributed by atoms with Crippen LogP contribution in [0.4, 0.5) is 8.78 Å². The number of hydrogen-bond acceptors (Lipinski definition) is 2. The second-order valence-electron chi connectivity index (χ2n) is 6.02. The molecule has 6 heteroatoms. The van der Waals surface area contributed by atoms with E-state index in [1.165, 1.54) is 4.90 Å². The summed E-state index contributed by atoms with van der Waals surface area (Å²) in [4.78, 5) is 24.8. The van der Waals surface area contributed by atoms with Crippen molar-refractivity contribution in [2.45, 2.75) is 38.0 Å². The highest BCUT2D eigenvalue weighted by Crippen LogP contribution is 2.36. The lowest BCUT2D eigenvalue weighted by Crippen LogP contribution is -2.42. The second-order valence-corrected chi connectivity index (χ2v) is 6.02. The van der Waals surface area contributed by atoms with Gasteiger partial charge in [0.05, 0.1) is 0 Å². The fourth-order valence-corrected chi connectivity index (χ4v) is 2.88. The van der Waals surface area contributed by atoms with E-state index in [0.717, 1.165) is 5.56 Å². The molecule has 23 heavy (non-hydrogen) atoms. The number of carbonyl (C=O) groups is 2. The Labute approximate surface area is 134 Å². The fourth-order valence-electron chi connectivity index (χ4n) is 2.88. The van der Waals surface area contributed by atoms with Gasteiger partial charge in [-0.1, -0.05) is 30.3 Å². The first-order valence-corrected chi connectivity index (χ1v) is 7.80. The van der Waals surface area contributed by atoms with E-state index in [1.54, 1.807) is 0 Å². The number of amides is 1. The van der Waals surface area contributed by atoms with Crippen LogP contribution in [0, 0.1) is 5.92 Å². The standard InChI is InChI=1S/C17H21F2NO3/c18-17(19)9-6-14(7-10-17)16(23)20(12-15(21)22)11-8-13-4-2-1-3-5-13/h1-5,14H,6-12H2,(H,21,22). The van der Waals surface area contributed by atoms with Gasteiger partial charge in [0.2, 0.25) is 11.8 Å². The van der Waals surface area contributed by atoms with Crippen molar-refractivity contribution in [3.63, 3.8) is 0 Å². The number of carbonyl (C=O) groups excluding carboxylic acids is 1. The minimum absolute atomic E-state index is 0.118. The zero-order valence-corrected chi connectivity index (χ0v) is 12.9. The quantitative estimate of drug-likeness (QED) is 0.875. The molecule has 0 bridgehead atoms. The second kappa shape index (κ2) is 7.53. The average molecular weight is 325 g/mol. The SMILES string of the molecule is O=C(O)CN(CCc1ccccc1)C(=O)C1CCC(F)(F)CC1. The van der Waals surface area contributed by atoms with Gasteiger partial charge in [0.25, 0.3) is 0 Å². The normalized spacial score (nSPS) is 17.7. The molecular weight excluding hydrogens is 304 g/mol. The van der Waals surface area contributed by atoms with Gasteiger partial charge in [0, 0.05) is 25.3 Å². The molecule has 0 aliphatic heterocycles. The Bertz CT molecular complexity index is 538. The molecular formula is C17H21F2NO3. The minimum Gasteiger partial charge on any atom is -0.480 e. The monoisotopic (exact) mass is 325 g/mol. The molecule has 4 nitrogen and oxygen atoms in total. The summed E-state index contributed by atoms with van der Waals surface area (Å²) < 4.78 is 26.4. The van der Waals surface area contributed by atoms with Gasteiger partial charge in [-0.15, -0.1) is 0 Å². The van der Waals surface area contributed by atoms with Crippen molar-refractivity contribution in [2.75, 3.05) is 13.1 Å². The van der Waals surface area contributed by atoms with E-state index in [2.05, 4.69) is 0 Å². The molecule has 0 atom stereocenters. The van der Waals surface area contributed by atoms with Gasteiger partial charge >= 0.3 is 5.97 Å². The maximum atomic E-state index is 13.2. The summed E-state index contributed by atoms with van der Waals surface area (Å²) in [5, 5.41) is 9.00. The lowest BCUT2D eigenvalue weighted by atomic mass is 9.86. The molecule has 1 N–H and O–H groups in total. The zero-order valence-electron chi connectivity index (χ0n) is 12.9. The van der Waals surface area contributed by atoms with Crippen LogP contribution in [0.15, 0.2) is 30.3 Å². The van der Waals surface area contributed by atoms with Crippen LogP contribution >= 0.6 is 0 Å². The van der Waals surface area contributed by atoms with Crippen LogP contribution in [0.3, 0.4) is 0 Å². The summed E-state index contributed by atoms with van der Waals surface area (Å²) in [5.41, 5.74) is 1.01. The molecule has 126 valence electrons. The van der Waals surface area contributed by atoms with E-state index in [0.29, 0.717) is 6.42 Å². The van der Waals surface area contributed by atoms with Crippen molar-refractivity contribution < 1.29 is 23.5 Å². The first-order valence-electron chi connectivity index (χ1n) is 7.80.